The zero-order valence-corrected chi connectivity index (χ0v) is 10.3. The first kappa shape index (κ1) is 12.2. The molecule has 0 atom stereocenters. The van der Waals surface area contributed by atoms with Gasteiger partial charge in [-0.2, -0.15) is 0 Å². The van der Waals surface area contributed by atoms with E-state index in [2.05, 4.69) is 15.3 Å². The molecule has 0 unspecified atom stereocenters. The van der Waals surface area contributed by atoms with Crippen molar-refractivity contribution in [1.29, 1.82) is 0 Å². The van der Waals surface area contributed by atoms with Crippen molar-refractivity contribution in [2.45, 2.75) is 13.5 Å². The van der Waals surface area contributed by atoms with E-state index in [1.807, 2.05) is 19.1 Å². The second-order valence-corrected chi connectivity index (χ2v) is 3.84. The van der Waals surface area contributed by atoms with Crippen LogP contribution in [0.4, 0.5) is 5.69 Å². The third kappa shape index (κ3) is 2.88. The molecule has 2 N–H and O–H groups in total. The van der Waals surface area contributed by atoms with Crippen LogP contribution in [0.25, 0.3) is 0 Å². The Bertz CT molecular complexity index is 544. The maximum absolute atomic E-state index is 9.64. The lowest BCUT2D eigenvalue weighted by Crippen LogP contribution is -2.03. The zero-order valence-electron chi connectivity index (χ0n) is 10.3. The van der Waals surface area contributed by atoms with E-state index in [9.17, 15) is 5.11 Å². The summed E-state index contributed by atoms with van der Waals surface area (Å²) < 4.78 is 4.98. The number of aromatic hydroxyl groups is 1. The largest absolute Gasteiger partial charge is 0.504 e. The zero-order chi connectivity index (χ0) is 13.0. The lowest BCUT2D eigenvalue weighted by atomic mass is 10.2. The average Bonchev–Trinajstić information content (AvgIpc) is 2.37. The van der Waals surface area contributed by atoms with Crippen molar-refractivity contribution >= 4 is 5.69 Å². The first-order valence-corrected chi connectivity index (χ1v) is 5.58. The number of anilines is 1. The summed E-state index contributed by atoms with van der Waals surface area (Å²) in [6.45, 7) is 2.43. The molecule has 94 valence electrons. The number of aromatic nitrogens is 2. The topological polar surface area (TPSA) is 67.3 Å². The minimum atomic E-state index is 0.112. The van der Waals surface area contributed by atoms with Gasteiger partial charge in [0.15, 0.2) is 11.5 Å². The highest BCUT2D eigenvalue weighted by atomic mass is 16.5. The highest BCUT2D eigenvalue weighted by Crippen LogP contribution is 2.28. The Labute approximate surface area is 105 Å². The highest BCUT2D eigenvalue weighted by Gasteiger charge is 2.02. The van der Waals surface area contributed by atoms with Crippen LogP contribution in [-0.4, -0.2) is 22.2 Å². The number of nitrogens with zero attached hydrogens (tertiary/aromatic N) is 2. The summed E-state index contributed by atoms with van der Waals surface area (Å²) in [4.78, 5) is 8.32. The predicted molar refractivity (Wildman–Crippen MR) is 68.8 cm³/mol. The Kier molecular flexibility index (Phi) is 3.62. The van der Waals surface area contributed by atoms with Gasteiger partial charge < -0.3 is 15.2 Å². The maximum Gasteiger partial charge on any atom is 0.160 e. The van der Waals surface area contributed by atoms with E-state index in [0.29, 0.717) is 12.3 Å². The summed E-state index contributed by atoms with van der Waals surface area (Å²) in [5.74, 6) is 1.31. The van der Waals surface area contributed by atoms with Gasteiger partial charge in [-0.15, -0.1) is 0 Å². The molecule has 2 aromatic rings. The monoisotopic (exact) mass is 245 g/mol. The van der Waals surface area contributed by atoms with Gasteiger partial charge in [0.2, 0.25) is 0 Å². The molecule has 18 heavy (non-hydrogen) atoms. The molecule has 0 radical (unpaired) electrons. The molecule has 0 aliphatic heterocycles. The first-order chi connectivity index (χ1) is 8.69. The summed E-state index contributed by atoms with van der Waals surface area (Å²) in [5.41, 5.74) is 1.71. The van der Waals surface area contributed by atoms with Crippen molar-refractivity contribution in [3.05, 3.63) is 42.0 Å². The molecule has 0 fully saturated rings. The molecule has 0 bridgehead atoms. The van der Waals surface area contributed by atoms with E-state index < -0.39 is 0 Å². The van der Waals surface area contributed by atoms with Gasteiger partial charge in [0.25, 0.3) is 0 Å². The number of hydrogen-bond acceptors (Lipinski definition) is 5. The fourth-order valence-corrected chi connectivity index (χ4v) is 1.60. The smallest absolute Gasteiger partial charge is 0.160 e. The third-order valence-electron chi connectivity index (χ3n) is 2.49. The molecule has 1 heterocycles. The van der Waals surface area contributed by atoms with Crippen LogP contribution in [0.3, 0.4) is 0 Å². The standard InChI is InChI=1S/C13H15N3O2/c1-9-14-6-5-11(16-9)8-15-10-3-4-13(18-2)12(17)7-10/h3-7,15,17H,8H2,1-2H3. The number of phenols is 1. The van der Waals surface area contributed by atoms with Gasteiger partial charge in [-0.05, 0) is 25.1 Å². The fourth-order valence-electron chi connectivity index (χ4n) is 1.60. The Morgan fingerprint density at radius 3 is 2.83 bits per heavy atom. The fraction of sp³-hybridized carbons (Fsp3) is 0.231. The molecule has 0 saturated carbocycles. The maximum atomic E-state index is 9.64. The Hall–Kier alpha value is -2.30. The molecule has 5 nitrogen and oxygen atoms in total. The van der Waals surface area contributed by atoms with Gasteiger partial charge in [-0.1, -0.05) is 0 Å². The summed E-state index contributed by atoms with van der Waals surface area (Å²) in [6.07, 6.45) is 1.73. The molecule has 0 aliphatic rings. The second-order valence-electron chi connectivity index (χ2n) is 3.84. The van der Waals surface area contributed by atoms with Crippen molar-refractivity contribution in [1.82, 2.24) is 9.97 Å². The quantitative estimate of drug-likeness (QED) is 0.863. The van der Waals surface area contributed by atoms with E-state index in [1.54, 1.807) is 18.3 Å². The molecule has 0 aliphatic carbocycles. The lowest BCUT2D eigenvalue weighted by Gasteiger charge is -2.08. The van der Waals surface area contributed by atoms with Crippen LogP contribution in [-0.2, 0) is 6.54 Å². The Balaban J connectivity index is 2.04. The highest BCUT2D eigenvalue weighted by molar-refractivity contribution is 5.54. The number of phenolic OH excluding ortho intramolecular Hbond substituents is 1. The lowest BCUT2D eigenvalue weighted by molar-refractivity contribution is 0.373. The number of nitrogens with one attached hydrogen (secondary N) is 1. The molecule has 1 aromatic heterocycles. The number of ether oxygens (including phenoxy) is 1. The first-order valence-electron chi connectivity index (χ1n) is 5.58. The molecule has 0 amide bonds. The van der Waals surface area contributed by atoms with Crippen molar-refractivity contribution in [2.24, 2.45) is 0 Å². The van der Waals surface area contributed by atoms with Crippen LogP contribution < -0.4 is 10.1 Å². The Morgan fingerprint density at radius 1 is 1.33 bits per heavy atom. The van der Waals surface area contributed by atoms with Gasteiger partial charge in [0.05, 0.1) is 19.3 Å². The van der Waals surface area contributed by atoms with Crippen LogP contribution in [0.1, 0.15) is 11.5 Å². The third-order valence-corrected chi connectivity index (χ3v) is 2.49. The van der Waals surface area contributed by atoms with Gasteiger partial charge in [-0.3, -0.25) is 0 Å². The molecule has 0 spiro atoms. The number of methoxy groups -OCH3 is 1. The number of hydrogen-bond donors (Lipinski definition) is 2. The SMILES string of the molecule is COc1ccc(NCc2ccnc(C)n2)cc1O. The molecule has 5 heteroatoms. The van der Waals surface area contributed by atoms with E-state index in [-0.39, 0.29) is 5.75 Å². The molecule has 0 saturated heterocycles. The van der Waals surface area contributed by atoms with Crippen molar-refractivity contribution in [2.75, 3.05) is 12.4 Å². The van der Waals surface area contributed by atoms with Crippen LogP contribution >= 0.6 is 0 Å². The van der Waals surface area contributed by atoms with Gasteiger partial charge in [0, 0.05) is 18.0 Å². The minimum Gasteiger partial charge on any atom is -0.504 e. The normalized spacial score (nSPS) is 10.1. The van der Waals surface area contributed by atoms with E-state index in [1.165, 1.54) is 7.11 Å². The summed E-state index contributed by atoms with van der Waals surface area (Å²) in [6, 6.07) is 7.02. The molecule has 2 rings (SSSR count). The van der Waals surface area contributed by atoms with E-state index >= 15 is 0 Å². The second kappa shape index (κ2) is 5.35. The summed E-state index contributed by atoms with van der Waals surface area (Å²) in [7, 11) is 1.52. The van der Waals surface area contributed by atoms with Crippen molar-refractivity contribution in [3.63, 3.8) is 0 Å². The van der Waals surface area contributed by atoms with Crippen LogP contribution in [0.2, 0.25) is 0 Å². The van der Waals surface area contributed by atoms with E-state index in [4.69, 9.17) is 4.74 Å². The molecular formula is C13H15N3O2. The number of benzene rings is 1. The summed E-state index contributed by atoms with van der Waals surface area (Å²) >= 11 is 0. The minimum absolute atomic E-state index is 0.112. The van der Waals surface area contributed by atoms with Crippen molar-refractivity contribution in [3.8, 4) is 11.5 Å². The van der Waals surface area contributed by atoms with Gasteiger partial charge >= 0.3 is 0 Å². The molecular weight excluding hydrogens is 230 g/mol. The van der Waals surface area contributed by atoms with Gasteiger partial charge in [0.1, 0.15) is 5.82 Å². The van der Waals surface area contributed by atoms with Crippen LogP contribution in [0, 0.1) is 6.92 Å². The number of aryl methyl sites for hydroxylation is 1. The van der Waals surface area contributed by atoms with Crippen molar-refractivity contribution < 1.29 is 9.84 Å². The predicted octanol–water partition coefficient (Wildman–Crippen LogP) is 2.11. The van der Waals surface area contributed by atoms with Gasteiger partial charge in [-0.25, -0.2) is 9.97 Å². The average molecular weight is 245 g/mol. The van der Waals surface area contributed by atoms with Crippen LogP contribution in [0.5, 0.6) is 11.5 Å². The van der Waals surface area contributed by atoms with Crippen LogP contribution in [0.15, 0.2) is 30.5 Å². The summed E-state index contributed by atoms with van der Waals surface area (Å²) in [5, 5.41) is 12.8. The Morgan fingerprint density at radius 2 is 2.17 bits per heavy atom. The molecule has 1 aromatic carbocycles. The number of rotatable bonds is 4. The van der Waals surface area contributed by atoms with E-state index in [0.717, 1.165) is 17.2 Å².